The summed E-state index contributed by atoms with van der Waals surface area (Å²) >= 11 is 0. The van der Waals surface area contributed by atoms with Gasteiger partial charge in [0, 0.05) is 12.1 Å². The van der Waals surface area contributed by atoms with Gasteiger partial charge in [-0.1, -0.05) is 36.4 Å². The molecule has 1 aliphatic rings. The molecule has 0 aromatic heterocycles. The summed E-state index contributed by atoms with van der Waals surface area (Å²) in [5.41, 5.74) is 2.91. The number of hydrogen-bond acceptors (Lipinski definition) is 1. The molecule has 0 saturated heterocycles. The molecule has 3 aromatic carbocycles. The average Bonchev–Trinajstić information content (AvgIpc) is 2.69. The highest BCUT2D eigenvalue weighted by molar-refractivity contribution is 5.95. The fourth-order valence-electron chi connectivity index (χ4n) is 3.58. The molecule has 4 rings (SSSR count). The fraction of sp³-hybridized carbons (Fsp3) is 0.136. The average molecular weight is 367 g/mol. The first kappa shape index (κ1) is 17.3. The van der Waals surface area contributed by atoms with Crippen molar-refractivity contribution in [3.05, 3.63) is 106 Å². The summed E-state index contributed by atoms with van der Waals surface area (Å²) in [7, 11) is 0. The lowest BCUT2D eigenvalue weighted by atomic mass is 9.87. The fourth-order valence-corrected chi connectivity index (χ4v) is 3.58. The molecule has 1 amide bonds. The van der Waals surface area contributed by atoms with E-state index in [1.165, 1.54) is 18.2 Å². The Kier molecular flexibility index (Phi) is 4.44. The number of fused-ring (bicyclic) bond motifs is 1. The Morgan fingerprint density at radius 3 is 2.37 bits per heavy atom. The number of rotatable bonds is 2. The van der Waals surface area contributed by atoms with Gasteiger partial charge in [-0.25, -0.2) is 13.2 Å². The van der Waals surface area contributed by atoms with Crippen LogP contribution in [-0.2, 0) is 6.42 Å². The summed E-state index contributed by atoms with van der Waals surface area (Å²) in [5.74, 6) is -2.80. The van der Waals surface area contributed by atoms with Gasteiger partial charge in [0.05, 0.1) is 6.04 Å². The van der Waals surface area contributed by atoms with Gasteiger partial charge in [0.15, 0.2) is 11.6 Å². The molecule has 0 aliphatic carbocycles. The number of amides is 1. The topological polar surface area (TPSA) is 20.3 Å². The Hall–Kier alpha value is -3.08. The highest BCUT2D eigenvalue weighted by Crippen LogP contribution is 2.36. The zero-order valence-corrected chi connectivity index (χ0v) is 14.3. The Bertz CT molecular complexity index is 1000. The number of carbonyl (C=O) groups is 1. The van der Waals surface area contributed by atoms with Crippen molar-refractivity contribution in [2.75, 3.05) is 6.54 Å². The quantitative estimate of drug-likeness (QED) is 0.631. The first-order valence-electron chi connectivity index (χ1n) is 8.64. The minimum absolute atomic E-state index is 0.0837. The molecule has 27 heavy (non-hydrogen) atoms. The van der Waals surface area contributed by atoms with Crippen LogP contribution >= 0.6 is 0 Å². The zero-order chi connectivity index (χ0) is 19.0. The molecule has 1 aliphatic heterocycles. The van der Waals surface area contributed by atoms with E-state index in [1.54, 1.807) is 17.0 Å². The number of nitrogens with zero attached hydrogens (tertiary/aromatic N) is 1. The van der Waals surface area contributed by atoms with Crippen molar-refractivity contribution in [3.63, 3.8) is 0 Å². The second kappa shape index (κ2) is 6.91. The van der Waals surface area contributed by atoms with E-state index in [1.807, 2.05) is 24.3 Å². The summed E-state index contributed by atoms with van der Waals surface area (Å²) < 4.78 is 40.3. The Morgan fingerprint density at radius 1 is 0.889 bits per heavy atom. The van der Waals surface area contributed by atoms with Crippen molar-refractivity contribution in [2.24, 2.45) is 0 Å². The standard InChI is InChI=1S/C22H16F3NO/c23-17-8-5-15(6-9-17)21-18-4-2-1-3-14(18)11-12-26(21)22(27)16-7-10-19(24)20(25)13-16/h1-10,13,21H,11-12H2. The molecule has 0 fully saturated rings. The zero-order valence-electron chi connectivity index (χ0n) is 14.3. The maximum Gasteiger partial charge on any atom is 0.254 e. The lowest BCUT2D eigenvalue weighted by Gasteiger charge is -2.38. The van der Waals surface area contributed by atoms with Crippen LogP contribution < -0.4 is 0 Å². The Morgan fingerprint density at radius 2 is 1.63 bits per heavy atom. The largest absolute Gasteiger partial charge is 0.327 e. The van der Waals surface area contributed by atoms with E-state index in [9.17, 15) is 18.0 Å². The molecule has 1 unspecified atom stereocenters. The minimum atomic E-state index is -1.06. The molecule has 1 heterocycles. The lowest BCUT2D eigenvalue weighted by Crippen LogP contribution is -2.40. The highest BCUT2D eigenvalue weighted by atomic mass is 19.2. The number of halogens is 3. The first-order chi connectivity index (χ1) is 13.0. The molecular weight excluding hydrogens is 351 g/mol. The van der Waals surface area contributed by atoms with Gasteiger partial charge in [0.2, 0.25) is 0 Å². The molecule has 0 bridgehead atoms. The van der Waals surface area contributed by atoms with E-state index in [0.717, 1.165) is 28.8 Å². The van der Waals surface area contributed by atoms with Crippen LogP contribution in [0.2, 0.25) is 0 Å². The van der Waals surface area contributed by atoms with Crippen LogP contribution in [0.5, 0.6) is 0 Å². The summed E-state index contributed by atoms with van der Waals surface area (Å²) in [5, 5.41) is 0. The molecule has 3 aromatic rings. The Labute approximate surface area is 154 Å². The molecule has 0 N–H and O–H groups in total. The molecule has 0 spiro atoms. The minimum Gasteiger partial charge on any atom is -0.327 e. The molecule has 136 valence electrons. The molecule has 1 atom stereocenters. The number of carbonyl (C=O) groups excluding carboxylic acids is 1. The van der Waals surface area contributed by atoms with Gasteiger partial charge in [0.1, 0.15) is 5.82 Å². The van der Waals surface area contributed by atoms with Crippen molar-refractivity contribution < 1.29 is 18.0 Å². The third-order valence-electron chi connectivity index (χ3n) is 4.90. The monoisotopic (exact) mass is 367 g/mol. The summed E-state index contributed by atoms with van der Waals surface area (Å²) in [6, 6.07) is 16.5. The van der Waals surface area contributed by atoms with Gasteiger partial charge < -0.3 is 4.90 Å². The van der Waals surface area contributed by atoms with Gasteiger partial charge in [-0.3, -0.25) is 4.79 Å². The van der Waals surface area contributed by atoms with Crippen LogP contribution in [0.1, 0.15) is 33.1 Å². The Balaban J connectivity index is 1.79. The van der Waals surface area contributed by atoms with Crippen molar-refractivity contribution in [1.29, 1.82) is 0 Å². The summed E-state index contributed by atoms with van der Waals surface area (Å²) in [4.78, 5) is 14.7. The van der Waals surface area contributed by atoms with E-state index < -0.39 is 23.6 Å². The summed E-state index contributed by atoms with van der Waals surface area (Å²) in [6.45, 7) is 0.427. The molecular formula is C22H16F3NO. The smallest absolute Gasteiger partial charge is 0.254 e. The van der Waals surface area contributed by atoms with Crippen LogP contribution in [0, 0.1) is 17.5 Å². The van der Waals surface area contributed by atoms with Crippen LogP contribution in [0.3, 0.4) is 0 Å². The summed E-state index contributed by atoms with van der Waals surface area (Å²) in [6.07, 6.45) is 0.656. The van der Waals surface area contributed by atoms with E-state index in [4.69, 9.17) is 0 Å². The van der Waals surface area contributed by atoms with Crippen LogP contribution in [-0.4, -0.2) is 17.4 Å². The molecule has 0 saturated carbocycles. The maximum absolute atomic E-state index is 13.6. The van der Waals surface area contributed by atoms with Gasteiger partial charge in [-0.05, 0) is 53.4 Å². The SMILES string of the molecule is O=C(c1ccc(F)c(F)c1)N1CCc2ccccc2C1c1ccc(F)cc1. The van der Waals surface area contributed by atoms with E-state index in [-0.39, 0.29) is 11.4 Å². The third-order valence-corrected chi connectivity index (χ3v) is 4.90. The van der Waals surface area contributed by atoms with Crippen molar-refractivity contribution >= 4 is 5.91 Å². The van der Waals surface area contributed by atoms with Gasteiger partial charge in [-0.2, -0.15) is 0 Å². The van der Waals surface area contributed by atoms with E-state index in [2.05, 4.69) is 0 Å². The van der Waals surface area contributed by atoms with E-state index >= 15 is 0 Å². The number of benzene rings is 3. The van der Waals surface area contributed by atoms with Gasteiger partial charge in [0.25, 0.3) is 5.91 Å². The van der Waals surface area contributed by atoms with Crippen molar-refractivity contribution in [3.8, 4) is 0 Å². The van der Waals surface area contributed by atoms with Gasteiger partial charge in [-0.15, -0.1) is 0 Å². The predicted octanol–water partition coefficient (Wildman–Crippen LogP) is 4.89. The predicted molar refractivity (Wildman–Crippen MR) is 95.8 cm³/mol. The molecule has 5 heteroatoms. The normalized spacial score (nSPS) is 16.1. The molecule has 2 nitrogen and oxygen atoms in total. The van der Waals surface area contributed by atoms with Crippen LogP contribution in [0.4, 0.5) is 13.2 Å². The van der Waals surface area contributed by atoms with E-state index in [0.29, 0.717) is 13.0 Å². The molecule has 0 radical (unpaired) electrons. The van der Waals surface area contributed by atoms with Crippen molar-refractivity contribution in [2.45, 2.75) is 12.5 Å². The van der Waals surface area contributed by atoms with Crippen LogP contribution in [0.25, 0.3) is 0 Å². The highest BCUT2D eigenvalue weighted by Gasteiger charge is 2.32. The first-order valence-corrected chi connectivity index (χ1v) is 8.64. The van der Waals surface area contributed by atoms with Crippen molar-refractivity contribution in [1.82, 2.24) is 4.90 Å². The number of hydrogen-bond donors (Lipinski definition) is 0. The van der Waals surface area contributed by atoms with Gasteiger partial charge >= 0.3 is 0 Å². The third kappa shape index (κ3) is 3.21. The van der Waals surface area contributed by atoms with Crippen LogP contribution in [0.15, 0.2) is 66.7 Å². The lowest BCUT2D eigenvalue weighted by molar-refractivity contribution is 0.0694. The second-order valence-electron chi connectivity index (χ2n) is 6.53. The maximum atomic E-state index is 13.6. The second-order valence-corrected chi connectivity index (χ2v) is 6.53.